The molecule has 0 fully saturated rings. The number of ether oxygens (including phenoxy) is 1. The molecule has 17 heavy (non-hydrogen) atoms. The Labute approximate surface area is 101 Å². The van der Waals surface area contributed by atoms with Gasteiger partial charge in [0.15, 0.2) is 0 Å². The molecule has 2 rings (SSSR count). The normalized spacial score (nSPS) is 11.2. The third-order valence-electron chi connectivity index (χ3n) is 2.85. The monoisotopic (exact) mass is 233 g/mol. The first-order valence-corrected chi connectivity index (χ1v) is 5.98. The van der Waals surface area contributed by atoms with E-state index in [4.69, 9.17) is 10.5 Å². The first-order chi connectivity index (χ1) is 8.26. The second-order valence-electron chi connectivity index (χ2n) is 4.17. The Morgan fingerprint density at radius 3 is 2.94 bits per heavy atom. The lowest BCUT2D eigenvalue weighted by Gasteiger charge is -2.03. The second-order valence-corrected chi connectivity index (χ2v) is 4.17. The third-order valence-corrected chi connectivity index (χ3v) is 2.85. The van der Waals surface area contributed by atoms with Crippen LogP contribution >= 0.6 is 0 Å². The van der Waals surface area contributed by atoms with Gasteiger partial charge in [0.2, 0.25) is 0 Å². The van der Waals surface area contributed by atoms with Gasteiger partial charge in [0.25, 0.3) is 0 Å². The summed E-state index contributed by atoms with van der Waals surface area (Å²) >= 11 is 0. The number of rotatable bonds is 5. The topological polar surface area (TPSA) is 53.1 Å². The number of aryl methyl sites for hydroxylation is 1. The lowest BCUT2D eigenvalue weighted by atomic mass is 10.2. The summed E-state index contributed by atoms with van der Waals surface area (Å²) in [6.07, 6.45) is 1.03. The lowest BCUT2D eigenvalue weighted by Crippen LogP contribution is -2.02. The fourth-order valence-electron chi connectivity index (χ4n) is 1.85. The summed E-state index contributed by atoms with van der Waals surface area (Å²) in [6, 6.07) is 6.12. The summed E-state index contributed by atoms with van der Waals surface area (Å²) in [6.45, 7) is 4.00. The van der Waals surface area contributed by atoms with E-state index >= 15 is 0 Å². The van der Waals surface area contributed by atoms with Gasteiger partial charge in [-0.3, -0.25) is 0 Å². The van der Waals surface area contributed by atoms with Crippen LogP contribution in [-0.4, -0.2) is 16.2 Å². The smallest absolute Gasteiger partial charge is 0.135 e. The van der Waals surface area contributed by atoms with Crippen molar-refractivity contribution in [2.24, 2.45) is 12.8 Å². The predicted octanol–water partition coefficient (Wildman–Crippen LogP) is 1.96. The number of benzene rings is 1. The maximum Gasteiger partial charge on any atom is 0.135 e. The first-order valence-electron chi connectivity index (χ1n) is 5.98. The highest BCUT2D eigenvalue weighted by molar-refractivity contribution is 5.76. The van der Waals surface area contributed by atoms with E-state index in [2.05, 4.69) is 22.5 Å². The minimum Gasteiger partial charge on any atom is -0.374 e. The van der Waals surface area contributed by atoms with Crippen molar-refractivity contribution in [1.29, 1.82) is 0 Å². The Morgan fingerprint density at radius 1 is 1.41 bits per heavy atom. The van der Waals surface area contributed by atoms with Crippen LogP contribution in [0.25, 0.3) is 11.0 Å². The zero-order valence-corrected chi connectivity index (χ0v) is 10.4. The molecule has 0 saturated carbocycles. The summed E-state index contributed by atoms with van der Waals surface area (Å²) in [7, 11) is 2.01. The number of aromatic nitrogens is 2. The molecule has 4 nitrogen and oxygen atoms in total. The van der Waals surface area contributed by atoms with E-state index in [0.717, 1.165) is 35.4 Å². The van der Waals surface area contributed by atoms with Crippen molar-refractivity contribution in [3.05, 3.63) is 29.6 Å². The van der Waals surface area contributed by atoms with Crippen LogP contribution in [0.5, 0.6) is 0 Å². The van der Waals surface area contributed by atoms with Gasteiger partial charge in [-0.15, -0.1) is 0 Å². The van der Waals surface area contributed by atoms with Gasteiger partial charge in [-0.05, 0) is 24.1 Å². The molecule has 2 aromatic rings. The molecule has 0 amide bonds. The molecule has 1 aromatic carbocycles. The van der Waals surface area contributed by atoms with Crippen molar-refractivity contribution in [3.63, 3.8) is 0 Å². The minimum absolute atomic E-state index is 0.558. The number of hydrogen-bond donors (Lipinski definition) is 1. The molecule has 0 aliphatic carbocycles. The molecule has 1 aromatic heterocycles. The van der Waals surface area contributed by atoms with E-state index < -0.39 is 0 Å². The highest BCUT2D eigenvalue weighted by Gasteiger charge is 2.07. The largest absolute Gasteiger partial charge is 0.374 e. The van der Waals surface area contributed by atoms with Crippen LogP contribution in [-0.2, 0) is 24.9 Å². The Bertz CT molecular complexity index is 505. The van der Waals surface area contributed by atoms with E-state index in [1.165, 1.54) is 0 Å². The Hall–Kier alpha value is -1.39. The fourth-order valence-corrected chi connectivity index (χ4v) is 1.85. The molecule has 0 saturated heterocycles. The highest BCUT2D eigenvalue weighted by Crippen LogP contribution is 2.17. The Balaban J connectivity index is 2.29. The maximum atomic E-state index is 5.64. The molecule has 0 bridgehead atoms. The van der Waals surface area contributed by atoms with Crippen molar-refractivity contribution in [2.45, 2.75) is 26.5 Å². The molecule has 0 unspecified atom stereocenters. The van der Waals surface area contributed by atoms with Crippen LogP contribution in [0.15, 0.2) is 18.2 Å². The van der Waals surface area contributed by atoms with Gasteiger partial charge in [0.05, 0.1) is 11.0 Å². The molecule has 4 heteroatoms. The lowest BCUT2D eigenvalue weighted by molar-refractivity contribution is 0.114. The van der Waals surface area contributed by atoms with E-state index in [9.17, 15) is 0 Å². The number of nitrogens with two attached hydrogens (primary N) is 1. The Morgan fingerprint density at radius 2 is 2.24 bits per heavy atom. The fraction of sp³-hybridized carbons (Fsp3) is 0.462. The number of fused-ring (bicyclic) bond motifs is 1. The third kappa shape index (κ3) is 2.48. The van der Waals surface area contributed by atoms with Gasteiger partial charge in [0.1, 0.15) is 12.4 Å². The van der Waals surface area contributed by atoms with Crippen LogP contribution in [0, 0.1) is 0 Å². The minimum atomic E-state index is 0.558. The molecule has 0 spiro atoms. The Kier molecular flexibility index (Phi) is 3.76. The second kappa shape index (κ2) is 5.29. The van der Waals surface area contributed by atoms with Gasteiger partial charge < -0.3 is 15.0 Å². The molecular weight excluding hydrogens is 214 g/mol. The van der Waals surface area contributed by atoms with Crippen molar-refractivity contribution >= 4 is 11.0 Å². The van der Waals surface area contributed by atoms with Crippen LogP contribution in [0.3, 0.4) is 0 Å². The molecule has 1 heterocycles. The van der Waals surface area contributed by atoms with Crippen molar-refractivity contribution in [3.8, 4) is 0 Å². The summed E-state index contributed by atoms with van der Waals surface area (Å²) in [5, 5.41) is 0. The van der Waals surface area contributed by atoms with Gasteiger partial charge in [0, 0.05) is 20.2 Å². The van der Waals surface area contributed by atoms with Crippen LogP contribution < -0.4 is 5.73 Å². The summed E-state index contributed by atoms with van der Waals surface area (Å²) in [5.74, 6) is 0.961. The summed E-state index contributed by atoms with van der Waals surface area (Å²) in [4.78, 5) is 4.56. The first kappa shape index (κ1) is 12.1. The van der Waals surface area contributed by atoms with Crippen molar-refractivity contribution in [1.82, 2.24) is 9.55 Å². The highest BCUT2D eigenvalue weighted by atomic mass is 16.5. The van der Waals surface area contributed by atoms with Crippen LogP contribution in [0.2, 0.25) is 0 Å². The summed E-state index contributed by atoms with van der Waals surface area (Å²) in [5.41, 5.74) is 8.88. The molecule has 2 N–H and O–H groups in total. The average molecular weight is 233 g/mol. The molecule has 0 aliphatic heterocycles. The van der Waals surface area contributed by atoms with E-state index in [0.29, 0.717) is 13.2 Å². The summed E-state index contributed by atoms with van der Waals surface area (Å²) < 4.78 is 7.60. The van der Waals surface area contributed by atoms with Crippen molar-refractivity contribution < 1.29 is 4.74 Å². The van der Waals surface area contributed by atoms with Gasteiger partial charge in [-0.25, -0.2) is 4.98 Å². The molecule has 92 valence electrons. The maximum absolute atomic E-state index is 5.64. The molecule has 0 radical (unpaired) electrons. The van der Waals surface area contributed by atoms with Gasteiger partial charge in [-0.2, -0.15) is 0 Å². The van der Waals surface area contributed by atoms with E-state index in [1.807, 2.05) is 19.2 Å². The van der Waals surface area contributed by atoms with Gasteiger partial charge >= 0.3 is 0 Å². The quantitative estimate of drug-likeness (QED) is 0.803. The average Bonchev–Trinajstić information content (AvgIpc) is 2.66. The van der Waals surface area contributed by atoms with Crippen LogP contribution in [0.1, 0.15) is 24.7 Å². The van der Waals surface area contributed by atoms with E-state index in [-0.39, 0.29) is 0 Å². The van der Waals surface area contributed by atoms with E-state index in [1.54, 1.807) is 0 Å². The standard InChI is InChI=1S/C13H19N3O/c1-3-6-17-9-13-15-11-5-4-10(8-14)7-12(11)16(13)2/h4-5,7H,3,6,8-9,14H2,1-2H3. The zero-order chi connectivity index (χ0) is 12.3. The molecular formula is C13H19N3O. The predicted molar refractivity (Wildman–Crippen MR) is 68.6 cm³/mol. The van der Waals surface area contributed by atoms with Crippen LogP contribution in [0.4, 0.5) is 0 Å². The molecule has 0 aliphatic rings. The number of hydrogen-bond acceptors (Lipinski definition) is 3. The number of imidazole rings is 1. The zero-order valence-electron chi connectivity index (χ0n) is 10.4. The SMILES string of the molecule is CCCOCc1nc2ccc(CN)cc2n1C. The van der Waals surface area contributed by atoms with Gasteiger partial charge in [-0.1, -0.05) is 13.0 Å². The molecule has 0 atom stereocenters. The van der Waals surface area contributed by atoms with Crippen molar-refractivity contribution in [2.75, 3.05) is 6.61 Å². The number of nitrogens with zero attached hydrogens (tertiary/aromatic N) is 2.